The molecule has 1 radical (unpaired) electrons. The summed E-state index contributed by atoms with van der Waals surface area (Å²) in [5.41, 5.74) is 9.11. The molecule has 0 bridgehead atoms. The first-order valence-corrected chi connectivity index (χ1v) is 2.30. The minimum absolute atomic E-state index is 0.292. The van der Waals surface area contributed by atoms with Crippen LogP contribution in [0.25, 0.3) is 0 Å². The van der Waals surface area contributed by atoms with Crippen LogP contribution in [-0.2, 0) is 9.47 Å². The molecule has 0 saturated carbocycles. The fraction of sp³-hybridized carbons (Fsp3) is 0.250. The average Bonchev–Trinajstić information content (AvgIpc) is 1.58. The van der Waals surface area contributed by atoms with E-state index in [1.165, 1.54) is 6.92 Å². The molecule has 0 aromatic carbocycles. The summed E-state index contributed by atoms with van der Waals surface area (Å²) in [4.78, 5) is 19.9. The van der Waals surface area contributed by atoms with E-state index in [1.54, 1.807) is 0 Å². The molecule has 0 saturated heterocycles. The Morgan fingerprint density at radius 3 is 1.60 bits per heavy atom. The Balaban J connectivity index is 3.53. The first-order valence-electron chi connectivity index (χ1n) is 2.30. The molecule has 57 valence electrons. The van der Waals surface area contributed by atoms with Crippen LogP contribution in [0.5, 0.6) is 0 Å². The van der Waals surface area contributed by atoms with Crippen LogP contribution in [0.2, 0.25) is 0 Å². The summed E-state index contributed by atoms with van der Waals surface area (Å²) >= 11 is 0. The Morgan fingerprint density at radius 2 is 1.40 bits per heavy atom. The number of nitrogens with two attached hydrogens (primary N) is 2. The quantitative estimate of drug-likeness (QED) is 0.558. The van der Waals surface area contributed by atoms with Crippen LogP contribution < -0.4 is 11.5 Å². The van der Waals surface area contributed by atoms with Gasteiger partial charge in [0.05, 0.1) is 0 Å². The van der Waals surface area contributed by atoms with E-state index in [4.69, 9.17) is 0 Å². The highest BCUT2D eigenvalue weighted by molar-refractivity contribution is 5.67. The summed E-state index contributed by atoms with van der Waals surface area (Å²) in [6, 6.07) is 0. The van der Waals surface area contributed by atoms with Gasteiger partial charge in [0.2, 0.25) is 0 Å². The number of amides is 2. The van der Waals surface area contributed by atoms with Crippen LogP contribution in [0.15, 0.2) is 0 Å². The normalized spacial score (nSPS) is 9.00. The SMILES string of the molecule is C[C](OC(N)=O)OC(N)=O. The van der Waals surface area contributed by atoms with Crippen molar-refractivity contribution in [3.63, 3.8) is 0 Å². The van der Waals surface area contributed by atoms with Crippen molar-refractivity contribution < 1.29 is 19.1 Å². The van der Waals surface area contributed by atoms with Crippen LogP contribution in [-0.4, -0.2) is 12.2 Å². The van der Waals surface area contributed by atoms with Crippen LogP contribution >= 0.6 is 0 Å². The van der Waals surface area contributed by atoms with Crippen molar-refractivity contribution in [3.8, 4) is 0 Å². The number of ether oxygens (including phenoxy) is 2. The molecule has 6 heteroatoms. The van der Waals surface area contributed by atoms with Crippen LogP contribution in [0.3, 0.4) is 0 Å². The van der Waals surface area contributed by atoms with Gasteiger partial charge in [-0.25, -0.2) is 9.59 Å². The van der Waals surface area contributed by atoms with Gasteiger partial charge in [0, 0.05) is 6.92 Å². The molecule has 2 amide bonds. The highest BCUT2D eigenvalue weighted by Gasteiger charge is 2.10. The van der Waals surface area contributed by atoms with Gasteiger partial charge in [0.1, 0.15) is 0 Å². The summed E-state index contributed by atoms with van der Waals surface area (Å²) in [7, 11) is 0. The Morgan fingerprint density at radius 1 is 1.10 bits per heavy atom. The van der Waals surface area contributed by atoms with Crippen LogP contribution in [0, 0.1) is 6.29 Å². The first kappa shape index (κ1) is 8.54. The second-order valence-electron chi connectivity index (χ2n) is 1.33. The summed E-state index contributed by atoms with van der Waals surface area (Å²) < 4.78 is 8.19. The number of rotatable bonds is 2. The molecule has 0 atom stereocenters. The maximum absolute atomic E-state index is 9.94. The van der Waals surface area contributed by atoms with E-state index >= 15 is 0 Å². The largest absolute Gasteiger partial charge is 0.408 e. The van der Waals surface area contributed by atoms with Gasteiger partial charge in [-0.05, 0) is 0 Å². The van der Waals surface area contributed by atoms with Gasteiger partial charge in [-0.3, -0.25) is 0 Å². The minimum atomic E-state index is -1.06. The molecule has 0 spiro atoms. The predicted octanol–water partition coefficient (Wildman–Crippen LogP) is -0.314. The zero-order chi connectivity index (χ0) is 8.15. The number of hydrogen-bond donors (Lipinski definition) is 2. The number of primary amides is 2. The summed E-state index contributed by atoms with van der Waals surface area (Å²) in [5.74, 6) is 0. The molecule has 0 aliphatic heterocycles. The molecule has 0 aliphatic rings. The fourth-order valence-corrected chi connectivity index (χ4v) is 0.304. The van der Waals surface area contributed by atoms with Crippen molar-refractivity contribution >= 4 is 12.2 Å². The van der Waals surface area contributed by atoms with Crippen molar-refractivity contribution in [2.45, 2.75) is 6.92 Å². The number of carbonyl (C=O) groups excluding carboxylic acids is 2. The maximum atomic E-state index is 9.94. The highest BCUT2D eigenvalue weighted by Crippen LogP contribution is 2.00. The second-order valence-corrected chi connectivity index (χ2v) is 1.33. The molecule has 4 N–H and O–H groups in total. The fourth-order valence-electron chi connectivity index (χ4n) is 0.304. The van der Waals surface area contributed by atoms with Gasteiger partial charge in [0.15, 0.2) is 0 Å². The van der Waals surface area contributed by atoms with E-state index in [0.29, 0.717) is 0 Å². The van der Waals surface area contributed by atoms with Crippen molar-refractivity contribution in [1.82, 2.24) is 0 Å². The molecular formula is C4H7N2O4. The van der Waals surface area contributed by atoms with E-state index < -0.39 is 12.2 Å². The van der Waals surface area contributed by atoms with Crippen molar-refractivity contribution in [1.29, 1.82) is 0 Å². The summed E-state index contributed by atoms with van der Waals surface area (Å²) in [6.45, 7) is 1.23. The topological polar surface area (TPSA) is 105 Å². The average molecular weight is 147 g/mol. The molecule has 0 fully saturated rings. The van der Waals surface area contributed by atoms with E-state index in [1.807, 2.05) is 0 Å². The maximum Gasteiger partial charge on any atom is 0.408 e. The van der Waals surface area contributed by atoms with E-state index in [9.17, 15) is 9.59 Å². The molecular weight excluding hydrogens is 140 g/mol. The Labute approximate surface area is 57.1 Å². The summed E-state index contributed by atoms with van der Waals surface area (Å²) in [5, 5.41) is 0. The zero-order valence-electron chi connectivity index (χ0n) is 5.29. The van der Waals surface area contributed by atoms with Gasteiger partial charge in [0.25, 0.3) is 0 Å². The minimum Gasteiger partial charge on any atom is -0.398 e. The smallest absolute Gasteiger partial charge is 0.398 e. The molecule has 0 aromatic rings. The molecule has 6 nitrogen and oxygen atoms in total. The monoisotopic (exact) mass is 147 g/mol. The van der Waals surface area contributed by atoms with Gasteiger partial charge in [-0.1, -0.05) is 0 Å². The zero-order valence-corrected chi connectivity index (χ0v) is 5.29. The third-order valence-corrected chi connectivity index (χ3v) is 0.489. The molecule has 0 unspecified atom stereocenters. The summed E-state index contributed by atoms with van der Waals surface area (Å²) in [6.07, 6.45) is -2.41. The van der Waals surface area contributed by atoms with E-state index in [-0.39, 0.29) is 6.29 Å². The highest BCUT2D eigenvalue weighted by atomic mass is 16.7. The Hall–Kier alpha value is -1.46. The number of hydrogen-bond acceptors (Lipinski definition) is 4. The lowest BCUT2D eigenvalue weighted by Gasteiger charge is -2.06. The molecule has 0 aliphatic carbocycles. The third kappa shape index (κ3) is 4.69. The van der Waals surface area contributed by atoms with Gasteiger partial charge < -0.3 is 20.9 Å². The lowest BCUT2D eigenvalue weighted by Crippen LogP contribution is -2.22. The molecule has 10 heavy (non-hydrogen) atoms. The van der Waals surface area contributed by atoms with Gasteiger partial charge in [-0.2, -0.15) is 0 Å². The lowest BCUT2D eigenvalue weighted by atomic mass is 10.7. The molecule has 0 heterocycles. The third-order valence-electron chi connectivity index (χ3n) is 0.489. The Bertz CT molecular complexity index is 130. The molecule has 0 rings (SSSR count). The van der Waals surface area contributed by atoms with Crippen molar-refractivity contribution in [3.05, 3.63) is 6.29 Å². The number of carbonyl (C=O) groups is 2. The van der Waals surface area contributed by atoms with E-state index in [2.05, 4.69) is 20.9 Å². The van der Waals surface area contributed by atoms with Crippen molar-refractivity contribution in [2.75, 3.05) is 0 Å². The van der Waals surface area contributed by atoms with E-state index in [0.717, 1.165) is 0 Å². The Kier molecular flexibility index (Phi) is 3.03. The molecule has 0 aromatic heterocycles. The second kappa shape index (κ2) is 3.54. The first-order chi connectivity index (χ1) is 4.52. The van der Waals surface area contributed by atoms with Crippen LogP contribution in [0.4, 0.5) is 9.59 Å². The predicted molar refractivity (Wildman–Crippen MR) is 30.3 cm³/mol. The van der Waals surface area contributed by atoms with Gasteiger partial charge in [-0.15, -0.1) is 0 Å². The van der Waals surface area contributed by atoms with Crippen molar-refractivity contribution in [2.24, 2.45) is 11.5 Å². The van der Waals surface area contributed by atoms with Gasteiger partial charge >= 0.3 is 18.5 Å². The lowest BCUT2D eigenvalue weighted by molar-refractivity contribution is 0.0453. The standard InChI is InChI=1S/C4H7N2O4/c1-2(9-3(5)7)10-4(6)8/h1H3,(H2,5,7)(H2,6,8). The van der Waals surface area contributed by atoms with Crippen LogP contribution in [0.1, 0.15) is 6.92 Å².